The van der Waals surface area contributed by atoms with Crippen LogP contribution in [0.3, 0.4) is 0 Å². The minimum atomic E-state index is 0.361. The lowest BCUT2D eigenvalue weighted by molar-refractivity contribution is 0.267. The summed E-state index contributed by atoms with van der Waals surface area (Å²) in [5, 5.41) is 3.38. The van der Waals surface area contributed by atoms with Gasteiger partial charge in [0.2, 0.25) is 0 Å². The van der Waals surface area contributed by atoms with E-state index in [0.29, 0.717) is 12.0 Å². The van der Waals surface area contributed by atoms with Crippen molar-refractivity contribution in [3.63, 3.8) is 0 Å². The third-order valence-corrected chi connectivity index (χ3v) is 3.04. The van der Waals surface area contributed by atoms with E-state index in [2.05, 4.69) is 43.2 Å². The van der Waals surface area contributed by atoms with Gasteiger partial charge in [0.1, 0.15) is 5.75 Å². The number of benzene rings is 1. The smallest absolute Gasteiger partial charge is 0.118 e. The normalized spacial score (nSPS) is 13.1. The van der Waals surface area contributed by atoms with Crippen molar-refractivity contribution in [2.45, 2.75) is 19.9 Å². The number of rotatable bonds is 7. The minimum absolute atomic E-state index is 0.361. The van der Waals surface area contributed by atoms with Crippen molar-refractivity contribution in [3.8, 4) is 5.75 Å². The molecule has 0 heterocycles. The summed E-state index contributed by atoms with van der Waals surface area (Å²) in [6.45, 7) is 6.63. The molecule has 0 saturated carbocycles. The molecule has 0 aliphatic heterocycles. The van der Waals surface area contributed by atoms with Crippen molar-refractivity contribution in [2.75, 3.05) is 34.3 Å². The van der Waals surface area contributed by atoms with Crippen molar-refractivity contribution in [1.82, 2.24) is 10.2 Å². The van der Waals surface area contributed by atoms with Crippen LogP contribution in [0.1, 0.15) is 25.5 Å². The van der Waals surface area contributed by atoms with Gasteiger partial charge in [-0.05, 0) is 37.7 Å². The number of hydrogen-bond donors (Lipinski definition) is 1. The summed E-state index contributed by atoms with van der Waals surface area (Å²) in [6.07, 6.45) is 0. The maximum atomic E-state index is 5.19. The fourth-order valence-electron chi connectivity index (χ4n) is 2.21. The zero-order chi connectivity index (χ0) is 13.5. The Kier molecular flexibility index (Phi) is 6.16. The van der Waals surface area contributed by atoms with Gasteiger partial charge >= 0.3 is 0 Å². The maximum Gasteiger partial charge on any atom is 0.118 e. The first-order valence-corrected chi connectivity index (χ1v) is 6.56. The largest absolute Gasteiger partial charge is 0.497 e. The molecule has 102 valence electrons. The summed E-state index contributed by atoms with van der Waals surface area (Å²) < 4.78 is 5.19. The molecule has 0 radical (unpaired) electrons. The molecule has 3 heteroatoms. The van der Waals surface area contributed by atoms with Gasteiger partial charge in [0.05, 0.1) is 7.11 Å². The Hall–Kier alpha value is -1.06. The molecule has 1 aromatic carbocycles. The molecule has 0 aliphatic carbocycles. The molecule has 0 bridgehead atoms. The van der Waals surface area contributed by atoms with Crippen LogP contribution in [0.5, 0.6) is 5.75 Å². The van der Waals surface area contributed by atoms with E-state index >= 15 is 0 Å². The lowest BCUT2D eigenvalue weighted by atomic mass is 10.1. The van der Waals surface area contributed by atoms with Crippen LogP contribution in [-0.4, -0.2) is 39.2 Å². The van der Waals surface area contributed by atoms with Crippen LogP contribution in [0.2, 0.25) is 0 Å². The second-order valence-electron chi connectivity index (χ2n) is 5.23. The number of nitrogens with one attached hydrogen (secondary N) is 1. The van der Waals surface area contributed by atoms with Crippen molar-refractivity contribution in [1.29, 1.82) is 0 Å². The second-order valence-corrected chi connectivity index (χ2v) is 5.23. The molecule has 3 nitrogen and oxygen atoms in total. The quantitative estimate of drug-likeness (QED) is 0.805. The topological polar surface area (TPSA) is 24.5 Å². The van der Waals surface area contributed by atoms with E-state index in [1.165, 1.54) is 5.56 Å². The molecule has 0 aliphatic rings. The van der Waals surface area contributed by atoms with E-state index < -0.39 is 0 Å². The number of ether oxygens (including phenoxy) is 1. The molecule has 0 fully saturated rings. The van der Waals surface area contributed by atoms with E-state index in [9.17, 15) is 0 Å². The summed E-state index contributed by atoms with van der Waals surface area (Å²) in [4.78, 5) is 2.37. The predicted octanol–water partition coefficient (Wildman–Crippen LogP) is 2.54. The molecule has 1 unspecified atom stereocenters. The lowest BCUT2D eigenvalue weighted by Crippen LogP contribution is -2.33. The van der Waals surface area contributed by atoms with Crippen LogP contribution < -0.4 is 10.1 Å². The van der Waals surface area contributed by atoms with E-state index in [0.717, 1.165) is 18.8 Å². The first-order chi connectivity index (χ1) is 8.56. The number of methoxy groups -OCH3 is 1. The van der Waals surface area contributed by atoms with Gasteiger partial charge in [0.25, 0.3) is 0 Å². The molecule has 18 heavy (non-hydrogen) atoms. The van der Waals surface area contributed by atoms with Gasteiger partial charge in [-0.2, -0.15) is 0 Å². The predicted molar refractivity (Wildman–Crippen MR) is 77.1 cm³/mol. The molecular formula is C15H26N2O. The van der Waals surface area contributed by atoms with Crippen molar-refractivity contribution < 1.29 is 4.74 Å². The van der Waals surface area contributed by atoms with Crippen LogP contribution in [0.25, 0.3) is 0 Å². The van der Waals surface area contributed by atoms with E-state index in [1.807, 2.05) is 19.2 Å². The molecular weight excluding hydrogens is 224 g/mol. The molecule has 0 aromatic heterocycles. The van der Waals surface area contributed by atoms with Crippen LogP contribution in [0, 0.1) is 5.92 Å². The van der Waals surface area contributed by atoms with Gasteiger partial charge in [-0.15, -0.1) is 0 Å². The van der Waals surface area contributed by atoms with Gasteiger partial charge in [0.15, 0.2) is 0 Å². The van der Waals surface area contributed by atoms with Gasteiger partial charge < -0.3 is 15.0 Å². The van der Waals surface area contributed by atoms with Crippen molar-refractivity contribution >= 4 is 0 Å². The molecule has 1 N–H and O–H groups in total. The van der Waals surface area contributed by atoms with E-state index in [4.69, 9.17) is 4.74 Å². The SMILES string of the molecule is CNC(CN(C)CC(C)C)c1ccc(OC)cc1. The second kappa shape index (κ2) is 7.39. The molecule has 1 aromatic rings. The Bertz CT molecular complexity index is 335. The number of hydrogen-bond acceptors (Lipinski definition) is 3. The third kappa shape index (κ3) is 4.67. The first-order valence-electron chi connectivity index (χ1n) is 6.56. The Labute approximate surface area is 111 Å². The van der Waals surface area contributed by atoms with Gasteiger partial charge in [-0.1, -0.05) is 26.0 Å². The average Bonchev–Trinajstić information content (AvgIpc) is 2.35. The summed E-state index contributed by atoms with van der Waals surface area (Å²) in [5.41, 5.74) is 1.30. The highest BCUT2D eigenvalue weighted by Crippen LogP contribution is 2.18. The van der Waals surface area contributed by atoms with E-state index in [1.54, 1.807) is 7.11 Å². The Morgan fingerprint density at radius 1 is 1.17 bits per heavy atom. The summed E-state index contributed by atoms with van der Waals surface area (Å²) in [5.74, 6) is 1.60. The third-order valence-electron chi connectivity index (χ3n) is 3.04. The standard InChI is InChI=1S/C15H26N2O/c1-12(2)10-17(4)11-15(16-3)13-6-8-14(18-5)9-7-13/h6-9,12,15-16H,10-11H2,1-5H3. The van der Waals surface area contributed by atoms with Gasteiger partial charge in [-0.3, -0.25) is 0 Å². The van der Waals surface area contributed by atoms with Crippen molar-refractivity contribution in [2.24, 2.45) is 5.92 Å². The van der Waals surface area contributed by atoms with Crippen molar-refractivity contribution in [3.05, 3.63) is 29.8 Å². The van der Waals surface area contributed by atoms with Crippen LogP contribution >= 0.6 is 0 Å². The minimum Gasteiger partial charge on any atom is -0.497 e. The zero-order valence-electron chi connectivity index (χ0n) is 12.2. The zero-order valence-corrected chi connectivity index (χ0v) is 12.2. The Morgan fingerprint density at radius 2 is 1.78 bits per heavy atom. The Morgan fingerprint density at radius 3 is 2.22 bits per heavy atom. The monoisotopic (exact) mass is 250 g/mol. The van der Waals surface area contributed by atoms with E-state index in [-0.39, 0.29) is 0 Å². The fraction of sp³-hybridized carbons (Fsp3) is 0.600. The maximum absolute atomic E-state index is 5.19. The highest BCUT2D eigenvalue weighted by Gasteiger charge is 2.12. The molecule has 1 atom stereocenters. The van der Waals surface area contributed by atoms with Crippen LogP contribution in [0.15, 0.2) is 24.3 Å². The number of nitrogens with zero attached hydrogens (tertiary/aromatic N) is 1. The Balaban J connectivity index is 2.64. The highest BCUT2D eigenvalue weighted by molar-refractivity contribution is 5.29. The fourth-order valence-corrected chi connectivity index (χ4v) is 2.21. The summed E-state index contributed by atoms with van der Waals surface area (Å²) >= 11 is 0. The summed E-state index contributed by atoms with van der Waals surface area (Å²) in [7, 11) is 5.88. The summed E-state index contributed by atoms with van der Waals surface area (Å²) in [6, 6.07) is 8.65. The van der Waals surface area contributed by atoms with Crippen LogP contribution in [0.4, 0.5) is 0 Å². The molecule has 0 spiro atoms. The molecule has 0 amide bonds. The van der Waals surface area contributed by atoms with Gasteiger partial charge in [0, 0.05) is 19.1 Å². The molecule has 0 saturated heterocycles. The average molecular weight is 250 g/mol. The van der Waals surface area contributed by atoms with Crippen LogP contribution in [-0.2, 0) is 0 Å². The molecule has 1 rings (SSSR count). The number of likely N-dealkylation sites (N-methyl/N-ethyl adjacent to an activating group) is 2. The lowest BCUT2D eigenvalue weighted by Gasteiger charge is -2.25. The first kappa shape index (κ1) is 15.0. The van der Waals surface area contributed by atoms with Gasteiger partial charge in [-0.25, -0.2) is 0 Å². The highest BCUT2D eigenvalue weighted by atomic mass is 16.5.